The molecular weight excluding hydrogens is 368 g/mol. The van der Waals surface area contributed by atoms with Crippen LogP contribution in [0.3, 0.4) is 0 Å². The van der Waals surface area contributed by atoms with Gasteiger partial charge in [-0.2, -0.15) is 0 Å². The predicted molar refractivity (Wildman–Crippen MR) is 77.0 cm³/mol. The van der Waals surface area contributed by atoms with Crippen molar-refractivity contribution >= 4 is 0 Å². The van der Waals surface area contributed by atoms with Gasteiger partial charge < -0.3 is 0 Å². The van der Waals surface area contributed by atoms with Crippen LogP contribution in [0.4, 0.5) is 35.1 Å². The van der Waals surface area contributed by atoms with Gasteiger partial charge in [0.1, 0.15) is 5.82 Å². The fourth-order valence-corrected chi connectivity index (χ4v) is 2.51. The molecule has 134 valence electrons. The van der Waals surface area contributed by atoms with Gasteiger partial charge in [0.25, 0.3) is 0 Å². The maximum atomic E-state index is 14.1. The normalized spacial score (nSPS) is 11.1. The second-order valence-electron chi connectivity index (χ2n) is 5.24. The first kappa shape index (κ1) is 17.9. The van der Waals surface area contributed by atoms with Gasteiger partial charge in [-0.25, -0.2) is 35.1 Å². The Balaban J connectivity index is 2.42. The lowest BCUT2D eigenvalue weighted by Crippen LogP contribution is -2.05. The number of halogens is 8. The molecule has 0 radical (unpaired) electrons. The van der Waals surface area contributed by atoms with E-state index in [1.807, 2.05) is 0 Å². The Morgan fingerprint density at radius 1 is 0.462 bits per heavy atom. The van der Waals surface area contributed by atoms with Gasteiger partial charge in [0.2, 0.25) is 5.82 Å². The second-order valence-corrected chi connectivity index (χ2v) is 5.24. The Morgan fingerprint density at radius 2 is 1.04 bits per heavy atom. The lowest BCUT2D eigenvalue weighted by Gasteiger charge is -2.14. The van der Waals surface area contributed by atoms with E-state index < -0.39 is 68.8 Å². The molecule has 3 rings (SSSR count). The molecule has 0 bridgehead atoms. The van der Waals surface area contributed by atoms with Crippen molar-refractivity contribution in [2.45, 2.75) is 0 Å². The highest BCUT2D eigenvalue weighted by molar-refractivity contribution is 5.84. The monoisotopic (exact) mass is 374 g/mol. The van der Waals surface area contributed by atoms with E-state index in [9.17, 15) is 35.1 Å². The van der Waals surface area contributed by atoms with Crippen LogP contribution in [-0.2, 0) is 0 Å². The lowest BCUT2D eigenvalue weighted by atomic mass is 9.93. The summed E-state index contributed by atoms with van der Waals surface area (Å²) < 4.78 is 109. The van der Waals surface area contributed by atoms with Crippen molar-refractivity contribution in [1.82, 2.24) is 0 Å². The van der Waals surface area contributed by atoms with Crippen LogP contribution in [0, 0.1) is 46.5 Å². The minimum Gasteiger partial charge on any atom is -0.207 e. The molecule has 0 aliphatic rings. The fraction of sp³-hybridized carbons (Fsp3) is 0. The summed E-state index contributed by atoms with van der Waals surface area (Å²) in [6, 6.07) is 4.94. The summed E-state index contributed by atoms with van der Waals surface area (Å²) in [5, 5.41) is 0. The molecule has 0 N–H and O–H groups in total. The van der Waals surface area contributed by atoms with E-state index in [1.165, 1.54) is 0 Å². The Labute approximate surface area is 141 Å². The standard InChI is InChI=1S/C18H6F8/c19-7-4-5-8(9-2-1-3-11(20)13(9)21)10(6-7)12-14(22)16(24)18(26)17(25)15(12)23/h1-6H. The molecule has 0 fully saturated rings. The van der Waals surface area contributed by atoms with Crippen LogP contribution in [-0.4, -0.2) is 0 Å². The van der Waals surface area contributed by atoms with Crippen molar-refractivity contribution < 1.29 is 35.1 Å². The molecule has 26 heavy (non-hydrogen) atoms. The van der Waals surface area contributed by atoms with Crippen LogP contribution in [0.25, 0.3) is 22.3 Å². The number of hydrogen-bond donors (Lipinski definition) is 0. The molecule has 0 saturated carbocycles. The highest BCUT2D eigenvalue weighted by Crippen LogP contribution is 2.39. The third kappa shape index (κ3) is 2.71. The van der Waals surface area contributed by atoms with E-state index >= 15 is 0 Å². The molecule has 0 aliphatic carbocycles. The van der Waals surface area contributed by atoms with Crippen molar-refractivity contribution in [2.24, 2.45) is 0 Å². The smallest absolute Gasteiger partial charge is 0.200 e. The molecule has 0 amide bonds. The summed E-state index contributed by atoms with van der Waals surface area (Å²) in [5.41, 5.74) is -3.25. The molecular formula is C18H6F8. The van der Waals surface area contributed by atoms with Gasteiger partial charge in [0.05, 0.1) is 5.56 Å². The van der Waals surface area contributed by atoms with E-state index in [1.54, 1.807) is 0 Å². The van der Waals surface area contributed by atoms with Gasteiger partial charge >= 0.3 is 0 Å². The van der Waals surface area contributed by atoms with E-state index in [-0.39, 0.29) is 0 Å². The molecule has 0 spiro atoms. The Hall–Kier alpha value is -2.90. The quantitative estimate of drug-likeness (QED) is 0.287. The van der Waals surface area contributed by atoms with Crippen molar-refractivity contribution in [3.8, 4) is 22.3 Å². The van der Waals surface area contributed by atoms with Crippen LogP contribution in [0.2, 0.25) is 0 Å². The first-order valence-corrected chi connectivity index (χ1v) is 6.99. The Bertz CT molecular complexity index is 997. The highest BCUT2D eigenvalue weighted by atomic mass is 19.2. The summed E-state index contributed by atoms with van der Waals surface area (Å²) in [5.74, 6) is -15.1. The summed E-state index contributed by atoms with van der Waals surface area (Å²) in [4.78, 5) is 0. The van der Waals surface area contributed by atoms with Crippen molar-refractivity contribution in [3.05, 3.63) is 82.9 Å². The molecule has 3 aromatic rings. The minimum atomic E-state index is -2.39. The van der Waals surface area contributed by atoms with Crippen LogP contribution in [0.5, 0.6) is 0 Å². The van der Waals surface area contributed by atoms with Crippen LogP contribution in [0.15, 0.2) is 36.4 Å². The molecule has 0 unspecified atom stereocenters. The van der Waals surface area contributed by atoms with Gasteiger partial charge in [0.15, 0.2) is 34.9 Å². The predicted octanol–water partition coefficient (Wildman–Crippen LogP) is 6.13. The zero-order valence-electron chi connectivity index (χ0n) is 12.5. The van der Waals surface area contributed by atoms with Gasteiger partial charge in [-0.15, -0.1) is 0 Å². The summed E-state index contributed by atoms with van der Waals surface area (Å²) in [7, 11) is 0. The Kier molecular flexibility index (Phi) is 4.43. The fourth-order valence-electron chi connectivity index (χ4n) is 2.51. The molecule has 0 nitrogen and oxygen atoms in total. The SMILES string of the molecule is Fc1ccc(-c2cccc(F)c2F)c(-c2c(F)c(F)c(F)c(F)c2F)c1. The summed E-state index contributed by atoms with van der Waals surface area (Å²) in [6.07, 6.45) is 0. The second kappa shape index (κ2) is 6.44. The van der Waals surface area contributed by atoms with Gasteiger partial charge in [0, 0.05) is 5.56 Å². The van der Waals surface area contributed by atoms with Crippen molar-refractivity contribution in [2.75, 3.05) is 0 Å². The van der Waals surface area contributed by atoms with E-state index in [2.05, 4.69) is 0 Å². The molecule has 0 heterocycles. The van der Waals surface area contributed by atoms with E-state index in [0.717, 1.165) is 30.3 Å². The van der Waals surface area contributed by atoms with Crippen molar-refractivity contribution in [1.29, 1.82) is 0 Å². The largest absolute Gasteiger partial charge is 0.207 e. The third-order valence-electron chi connectivity index (χ3n) is 3.70. The highest BCUT2D eigenvalue weighted by Gasteiger charge is 2.29. The Morgan fingerprint density at radius 3 is 1.65 bits per heavy atom. The topological polar surface area (TPSA) is 0 Å². The number of rotatable bonds is 2. The molecule has 0 aliphatic heterocycles. The zero-order chi connectivity index (χ0) is 19.2. The van der Waals surface area contributed by atoms with Gasteiger partial charge in [-0.1, -0.05) is 18.2 Å². The molecule has 0 aromatic heterocycles. The van der Waals surface area contributed by atoms with E-state index in [4.69, 9.17) is 0 Å². The lowest BCUT2D eigenvalue weighted by molar-refractivity contribution is 0.381. The van der Waals surface area contributed by atoms with E-state index in [0.29, 0.717) is 6.07 Å². The van der Waals surface area contributed by atoms with Crippen LogP contribution in [0.1, 0.15) is 0 Å². The van der Waals surface area contributed by atoms with Gasteiger partial charge in [-0.3, -0.25) is 0 Å². The summed E-state index contributed by atoms with van der Waals surface area (Å²) in [6.45, 7) is 0. The van der Waals surface area contributed by atoms with Crippen molar-refractivity contribution in [3.63, 3.8) is 0 Å². The average Bonchev–Trinajstić information content (AvgIpc) is 2.61. The third-order valence-corrected chi connectivity index (χ3v) is 3.70. The number of hydrogen-bond acceptors (Lipinski definition) is 0. The molecule has 0 atom stereocenters. The summed E-state index contributed by atoms with van der Waals surface area (Å²) >= 11 is 0. The first-order valence-electron chi connectivity index (χ1n) is 6.99. The maximum absolute atomic E-state index is 14.1. The molecule has 0 saturated heterocycles. The van der Waals surface area contributed by atoms with Crippen LogP contribution >= 0.6 is 0 Å². The first-order chi connectivity index (χ1) is 12.2. The van der Waals surface area contributed by atoms with Gasteiger partial charge in [-0.05, 0) is 29.3 Å². The zero-order valence-corrected chi connectivity index (χ0v) is 12.5. The minimum absolute atomic E-state index is 0.452. The average molecular weight is 374 g/mol. The van der Waals surface area contributed by atoms with Crippen LogP contribution < -0.4 is 0 Å². The molecule has 8 heteroatoms. The number of benzene rings is 3. The maximum Gasteiger partial charge on any atom is 0.200 e. The molecule has 3 aromatic carbocycles.